The summed E-state index contributed by atoms with van der Waals surface area (Å²) in [4.78, 5) is 12.1. The van der Waals surface area contributed by atoms with Gasteiger partial charge in [-0.25, -0.2) is 0 Å². The Hall–Kier alpha value is -2.09. The summed E-state index contributed by atoms with van der Waals surface area (Å²) in [5.74, 6) is 1.09. The van der Waals surface area contributed by atoms with Crippen LogP contribution in [-0.4, -0.2) is 28.2 Å². The Bertz CT molecular complexity index is 636. The first-order valence-corrected chi connectivity index (χ1v) is 7.06. The SMILES string of the molecule is COc1cc(Nc2nc(N)nc(OC(C)C)n2)ccc1Br. The van der Waals surface area contributed by atoms with E-state index < -0.39 is 0 Å². The number of nitrogen functional groups attached to an aromatic ring is 1. The first-order chi connectivity index (χ1) is 9.97. The Labute approximate surface area is 131 Å². The molecule has 1 aromatic heterocycles. The molecule has 0 spiro atoms. The van der Waals surface area contributed by atoms with E-state index in [4.69, 9.17) is 15.2 Å². The van der Waals surface area contributed by atoms with Gasteiger partial charge in [0, 0.05) is 11.8 Å². The maximum atomic E-state index is 5.65. The second kappa shape index (κ2) is 6.57. The molecule has 2 rings (SSSR count). The highest BCUT2D eigenvalue weighted by atomic mass is 79.9. The number of methoxy groups -OCH3 is 1. The predicted molar refractivity (Wildman–Crippen MR) is 84.0 cm³/mol. The number of rotatable bonds is 5. The van der Waals surface area contributed by atoms with Crippen LogP contribution >= 0.6 is 15.9 Å². The molecule has 0 radical (unpaired) electrons. The van der Waals surface area contributed by atoms with Crippen LogP contribution in [0.3, 0.4) is 0 Å². The standard InChI is InChI=1S/C13H16BrN5O2/c1-7(2)21-13-18-11(15)17-12(19-13)16-8-4-5-9(14)10(6-8)20-3/h4-7H,1-3H3,(H3,15,16,17,18,19). The van der Waals surface area contributed by atoms with Crippen LogP contribution in [0.1, 0.15) is 13.8 Å². The third-order valence-corrected chi connectivity index (χ3v) is 3.04. The fraction of sp³-hybridized carbons (Fsp3) is 0.308. The summed E-state index contributed by atoms with van der Waals surface area (Å²) in [5, 5.41) is 3.04. The van der Waals surface area contributed by atoms with Crippen molar-refractivity contribution < 1.29 is 9.47 Å². The van der Waals surface area contributed by atoms with E-state index in [1.54, 1.807) is 7.11 Å². The van der Waals surface area contributed by atoms with E-state index in [9.17, 15) is 0 Å². The molecule has 0 aliphatic rings. The smallest absolute Gasteiger partial charge is 0.323 e. The second-order valence-electron chi connectivity index (χ2n) is 4.44. The first kappa shape index (κ1) is 15.3. The highest BCUT2D eigenvalue weighted by Gasteiger charge is 2.08. The molecule has 0 aliphatic carbocycles. The molecular weight excluding hydrogens is 338 g/mol. The number of hydrogen-bond donors (Lipinski definition) is 2. The van der Waals surface area contributed by atoms with Gasteiger partial charge in [0.25, 0.3) is 0 Å². The Balaban J connectivity index is 2.24. The third kappa shape index (κ3) is 4.19. The van der Waals surface area contributed by atoms with Crippen molar-refractivity contribution in [2.24, 2.45) is 0 Å². The fourth-order valence-electron chi connectivity index (χ4n) is 1.56. The van der Waals surface area contributed by atoms with E-state index in [0.29, 0.717) is 11.7 Å². The van der Waals surface area contributed by atoms with Gasteiger partial charge < -0.3 is 20.5 Å². The van der Waals surface area contributed by atoms with Crippen LogP contribution in [0.4, 0.5) is 17.6 Å². The van der Waals surface area contributed by atoms with Crippen LogP contribution in [-0.2, 0) is 0 Å². The van der Waals surface area contributed by atoms with E-state index in [2.05, 4.69) is 36.2 Å². The zero-order valence-electron chi connectivity index (χ0n) is 11.9. The average Bonchev–Trinajstić information content (AvgIpc) is 2.39. The zero-order valence-corrected chi connectivity index (χ0v) is 13.5. The summed E-state index contributed by atoms with van der Waals surface area (Å²) in [6, 6.07) is 5.71. The molecule has 0 atom stereocenters. The average molecular weight is 354 g/mol. The molecule has 2 aromatic rings. The molecule has 0 saturated carbocycles. The largest absolute Gasteiger partial charge is 0.495 e. The van der Waals surface area contributed by atoms with E-state index in [-0.39, 0.29) is 18.1 Å². The molecule has 0 bridgehead atoms. The van der Waals surface area contributed by atoms with Gasteiger partial charge in [-0.2, -0.15) is 15.0 Å². The molecule has 1 aromatic carbocycles. The minimum Gasteiger partial charge on any atom is -0.495 e. The molecule has 0 saturated heterocycles. The molecule has 7 nitrogen and oxygen atoms in total. The normalized spacial score (nSPS) is 10.5. The van der Waals surface area contributed by atoms with Crippen LogP contribution in [0.25, 0.3) is 0 Å². The van der Waals surface area contributed by atoms with Crippen molar-refractivity contribution in [2.75, 3.05) is 18.2 Å². The minimum absolute atomic E-state index is 0.0487. The maximum Gasteiger partial charge on any atom is 0.323 e. The predicted octanol–water partition coefficient (Wildman–Crippen LogP) is 2.76. The van der Waals surface area contributed by atoms with Gasteiger partial charge in [-0.05, 0) is 41.9 Å². The van der Waals surface area contributed by atoms with Crippen molar-refractivity contribution in [3.8, 4) is 11.8 Å². The van der Waals surface area contributed by atoms with Crippen molar-refractivity contribution in [3.63, 3.8) is 0 Å². The number of halogens is 1. The summed E-state index contributed by atoms with van der Waals surface area (Å²) in [6.45, 7) is 3.76. The van der Waals surface area contributed by atoms with Crippen LogP contribution in [0.2, 0.25) is 0 Å². The number of anilines is 3. The lowest BCUT2D eigenvalue weighted by Crippen LogP contribution is -2.11. The molecule has 3 N–H and O–H groups in total. The van der Waals surface area contributed by atoms with Gasteiger partial charge in [-0.1, -0.05) is 0 Å². The number of nitrogens with one attached hydrogen (secondary N) is 1. The van der Waals surface area contributed by atoms with Crippen LogP contribution in [0.5, 0.6) is 11.8 Å². The molecule has 1 heterocycles. The van der Waals surface area contributed by atoms with Crippen molar-refractivity contribution in [2.45, 2.75) is 20.0 Å². The molecular formula is C13H16BrN5O2. The van der Waals surface area contributed by atoms with Gasteiger partial charge >= 0.3 is 6.01 Å². The zero-order chi connectivity index (χ0) is 15.4. The Morgan fingerprint density at radius 2 is 2.00 bits per heavy atom. The highest BCUT2D eigenvalue weighted by Crippen LogP contribution is 2.29. The van der Waals surface area contributed by atoms with E-state index in [0.717, 1.165) is 10.2 Å². The quantitative estimate of drug-likeness (QED) is 0.852. The molecule has 0 aliphatic heterocycles. The number of hydrogen-bond acceptors (Lipinski definition) is 7. The van der Waals surface area contributed by atoms with E-state index in [1.165, 1.54) is 0 Å². The van der Waals surface area contributed by atoms with Gasteiger partial charge in [0.2, 0.25) is 11.9 Å². The minimum atomic E-state index is -0.0487. The molecule has 0 fully saturated rings. The second-order valence-corrected chi connectivity index (χ2v) is 5.30. The van der Waals surface area contributed by atoms with Crippen LogP contribution < -0.4 is 20.5 Å². The van der Waals surface area contributed by atoms with Crippen molar-refractivity contribution in [1.29, 1.82) is 0 Å². The molecule has 8 heteroatoms. The fourth-order valence-corrected chi connectivity index (χ4v) is 1.97. The summed E-state index contributed by atoms with van der Waals surface area (Å²) >= 11 is 3.39. The topological polar surface area (TPSA) is 95.2 Å². The number of benzene rings is 1. The monoisotopic (exact) mass is 353 g/mol. The summed E-state index contributed by atoms with van der Waals surface area (Å²) in [6.07, 6.45) is -0.0487. The number of nitrogens with two attached hydrogens (primary N) is 1. The third-order valence-electron chi connectivity index (χ3n) is 2.38. The molecule has 21 heavy (non-hydrogen) atoms. The number of nitrogens with zero attached hydrogens (tertiary/aromatic N) is 3. The maximum absolute atomic E-state index is 5.65. The summed E-state index contributed by atoms with van der Waals surface area (Å²) in [5.41, 5.74) is 6.41. The Kier molecular flexibility index (Phi) is 4.79. The van der Waals surface area contributed by atoms with Gasteiger partial charge in [0.15, 0.2) is 0 Å². The lowest BCUT2D eigenvalue weighted by molar-refractivity contribution is 0.222. The summed E-state index contributed by atoms with van der Waals surface area (Å²) < 4.78 is 11.5. The van der Waals surface area contributed by atoms with Crippen LogP contribution in [0.15, 0.2) is 22.7 Å². The van der Waals surface area contributed by atoms with Crippen molar-refractivity contribution >= 4 is 33.5 Å². The highest BCUT2D eigenvalue weighted by molar-refractivity contribution is 9.10. The van der Waals surface area contributed by atoms with Gasteiger partial charge in [0.05, 0.1) is 17.7 Å². The Morgan fingerprint density at radius 3 is 2.67 bits per heavy atom. The van der Waals surface area contributed by atoms with E-state index >= 15 is 0 Å². The Morgan fingerprint density at radius 1 is 1.24 bits per heavy atom. The molecule has 0 unspecified atom stereocenters. The van der Waals surface area contributed by atoms with Gasteiger partial charge in [-0.3, -0.25) is 0 Å². The number of ether oxygens (including phenoxy) is 2. The summed E-state index contributed by atoms with van der Waals surface area (Å²) in [7, 11) is 1.60. The van der Waals surface area contributed by atoms with Crippen molar-refractivity contribution in [1.82, 2.24) is 15.0 Å². The lowest BCUT2D eigenvalue weighted by Gasteiger charge is -2.11. The first-order valence-electron chi connectivity index (χ1n) is 6.26. The van der Waals surface area contributed by atoms with Gasteiger partial charge in [0.1, 0.15) is 5.75 Å². The van der Waals surface area contributed by atoms with Gasteiger partial charge in [-0.15, -0.1) is 0 Å². The van der Waals surface area contributed by atoms with Crippen LogP contribution in [0, 0.1) is 0 Å². The molecule has 0 amide bonds. The van der Waals surface area contributed by atoms with E-state index in [1.807, 2.05) is 32.0 Å². The van der Waals surface area contributed by atoms with Crippen molar-refractivity contribution in [3.05, 3.63) is 22.7 Å². The molecule has 112 valence electrons. The lowest BCUT2D eigenvalue weighted by atomic mass is 10.3. The number of aromatic nitrogens is 3.